The van der Waals surface area contributed by atoms with E-state index in [1.54, 1.807) is 13.3 Å². The van der Waals surface area contributed by atoms with Gasteiger partial charge < -0.3 is 9.64 Å². The van der Waals surface area contributed by atoms with E-state index in [4.69, 9.17) is 16.3 Å². The summed E-state index contributed by atoms with van der Waals surface area (Å²) in [5, 5.41) is 0.556. The number of benzene rings is 1. The first-order chi connectivity index (χ1) is 9.28. The van der Waals surface area contributed by atoms with Gasteiger partial charge in [-0.25, -0.2) is 4.98 Å². The molecule has 5 heteroatoms. The minimum atomic E-state index is 0.346. The van der Waals surface area contributed by atoms with Gasteiger partial charge in [-0.05, 0) is 17.5 Å². The number of anilines is 1. The Bertz CT molecular complexity index is 603. The lowest BCUT2D eigenvalue weighted by Gasteiger charge is -2.30. The summed E-state index contributed by atoms with van der Waals surface area (Å²) < 4.78 is 5.06. The Labute approximate surface area is 117 Å². The minimum absolute atomic E-state index is 0.346. The number of fused-ring (bicyclic) bond motifs is 1. The highest BCUT2D eigenvalue weighted by atomic mass is 35.5. The lowest BCUT2D eigenvalue weighted by molar-refractivity contribution is 0.379. The van der Waals surface area contributed by atoms with E-state index < -0.39 is 0 Å². The molecule has 4 nitrogen and oxygen atoms in total. The zero-order valence-electron chi connectivity index (χ0n) is 10.6. The number of nitrogens with zero attached hydrogens (tertiary/aromatic N) is 3. The van der Waals surface area contributed by atoms with Crippen molar-refractivity contribution in [2.45, 2.75) is 13.0 Å². The van der Waals surface area contributed by atoms with E-state index in [2.05, 4.69) is 39.1 Å². The average molecular weight is 276 g/mol. The van der Waals surface area contributed by atoms with Crippen LogP contribution in [0.5, 0.6) is 6.01 Å². The van der Waals surface area contributed by atoms with Gasteiger partial charge >= 0.3 is 6.01 Å². The Balaban J connectivity index is 1.92. The van der Waals surface area contributed by atoms with Crippen LogP contribution in [0.2, 0.25) is 5.02 Å². The summed E-state index contributed by atoms with van der Waals surface area (Å²) in [5.74, 6) is 0.739. The Kier molecular flexibility index (Phi) is 3.25. The van der Waals surface area contributed by atoms with Gasteiger partial charge in [-0.15, -0.1) is 0 Å². The second kappa shape index (κ2) is 5.05. The summed E-state index contributed by atoms with van der Waals surface area (Å²) in [5.41, 5.74) is 2.72. The van der Waals surface area contributed by atoms with Crippen molar-refractivity contribution in [3.8, 4) is 6.01 Å². The maximum atomic E-state index is 6.19. The standard InChI is InChI=1S/C14H14ClN3O/c1-19-14-16-8-12(15)13(17-14)18-7-6-10-4-2-3-5-11(10)9-18/h2-5,8H,6-7,9H2,1H3. The molecule has 1 aromatic carbocycles. The quantitative estimate of drug-likeness (QED) is 0.845. The molecule has 19 heavy (non-hydrogen) atoms. The zero-order chi connectivity index (χ0) is 13.2. The number of hydrogen-bond donors (Lipinski definition) is 0. The summed E-state index contributed by atoms with van der Waals surface area (Å²) >= 11 is 6.19. The van der Waals surface area contributed by atoms with Crippen molar-refractivity contribution < 1.29 is 4.74 Å². The molecule has 0 saturated carbocycles. The van der Waals surface area contributed by atoms with Gasteiger partial charge in [0.05, 0.1) is 13.3 Å². The normalized spacial score (nSPS) is 14.1. The number of ether oxygens (including phenoxy) is 1. The van der Waals surface area contributed by atoms with Crippen LogP contribution in [0.25, 0.3) is 0 Å². The molecule has 0 saturated heterocycles. The lowest BCUT2D eigenvalue weighted by Crippen LogP contribution is -2.31. The van der Waals surface area contributed by atoms with Crippen LogP contribution in [0.3, 0.4) is 0 Å². The highest BCUT2D eigenvalue weighted by molar-refractivity contribution is 6.32. The van der Waals surface area contributed by atoms with Crippen LogP contribution in [0.15, 0.2) is 30.5 Å². The van der Waals surface area contributed by atoms with Crippen LogP contribution in [-0.4, -0.2) is 23.6 Å². The van der Waals surface area contributed by atoms with Gasteiger partial charge in [0, 0.05) is 13.1 Å². The van der Waals surface area contributed by atoms with Crippen molar-refractivity contribution >= 4 is 17.4 Å². The van der Waals surface area contributed by atoms with Crippen molar-refractivity contribution in [1.29, 1.82) is 0 Å². The van der Waals surface area contributed by atoms with Gasteiger partial charge in [-0.3, -0.25) is 0 Å². The van der Waals surface area contributed by atoms with Gasteiger partial charge in [-0.2, -0.15) is 4.98 Å². The monoisotopic (exact) mass is 275 g/mol. The van der Waals surface area contributed by atoms with E-state index in [0.29, 0.717) is 11.0 Å². The molecule has 0 fully saturated rings. The van der Waals surface area contributed by atoms with Gasteiger partial charge in [0.15, 0.2) is 5.82 Å². The van der Waals surface area contributed by atoms with E-state index in [9.17, 15) is 0 Å². The number of aromatic nitrogens is 2. The second-order valence-electron chi connectivity index (χ2n) is 4.47. The molecule has 0 bridgehead atoms. The van der Waals surface area contributed by atoms with E-state index in [0.717, 1.165) is 25.3 Å². The minimum Gasteiger partial charge on any atom is -0.467 e. The van der Waals surface area contributed by atoms with E-state index in [1.807, 2.05) is 0 Å². The van der Waals surface area contributed by atoms with Gasteiger partial charge in [0.2, 0.25) is 0 Å². The molecule has 2 aromatic rings. The third-order valence-electron chi connectivity index (χ3n) is 3.32. The van der Waals surface area contributed by atoms with E-state index in [-0.39, 0.29) is 0 Å². The van der Waals surface area contributed by atoms with E-state index >= 15 is 0 Å². The first kappa shape index (κ1) is 12.2. The second-order valence-corrected chi connectivity index (χ2v) is 4.88. The van der Waals surface area contributed by atoms with Gasteiger partial charge in [0.25, 0.3) is 0 Å². The molecule has 0 N–H and O–H groups in total. The zero-order valence-corrected chi connectivity index (χ0v) is 11.4. The molecule has 1 aliphatic heterocycles. The molecule has 2 heterocycles. The lowest BCUT2D eigenvalue weighted by atomic mass is 10.00. The molecule has 0 amide bonds. The van der Waals surface area contributed by atoms with Crippen LogP contribution in [0.1, 0.15) is 11.1 Å². The molecule has 0 aliphatic carbocycles. The fourth-order valence-corrected chi connectivity index (χ4v) is 2.55. The maximum Gasteiger partial charge on any atom is 0.318 e. The summed E-state index contributed by atoms with van der Waals surface area (Å²) in [6.07, 6.45) is 2.59. The molecule has 0 unspecified atom stereocenters. The molecule has 98 valence electrons. The number of hydrogen-bond acceptors (Lipinski definition) is 4. The molecule has 0 atom stereocenters. The van der Waals surface area contributed by atoms with Crippen LogP contribution >= 0.6 is 11.6 Å². The predicted molar refractivity (Wildman–Crippen MR) is 74.8 cm³/mol. The van der Waals surface area contributed by atoms with Crippen LogP contribution < -0.4 is 9.64 Å². The highest BCUT2D eigenvalue weighted by Crippen LogP contribution is 2.29. The summed E-state index contributed by atoms with van der Waals surface area (Å²) in [4.78, 5) is 10.5. The first-order valence-corrected chi connectivity index (χ1v) is 6.54. The van der Waals surface area contributed by atoms with Crippen molar-refractivity contribution in [2.24, 2.45) is 0 Å². The SMILES string of the molecule is COc1ncc(Cl)c(N2CCc3ccccc3C2)n1. The summed E-state index contributed by atoms with van der Waals surface area (Å²) in [6.45, 7) is 1.72. The fourth-order valence-electron chi connectivity index (χ4n) is 2.34. The number of rotatable bonds is 2. The van der Waals surface area contributed by atoms with Crippen molar-refractivity contribution in [3.05, 3.63) is 46.6 Å². The molecular weight excluding hydrogens is 262 g/mol. The molecule has 0 radical (unpaired) electrons. The molecule has 3 rings (SSSR count). The Hall–Kier alpha value is -1.81. The van der Waals surface area contributed by atoms with Crippen molar-refractivity contribution in [3.63, 3.8) is 0 Å². The molecule has 1 aliphatic rings. The van der Waals surface area contributed by atoms with Crippen molar-refractivity contribution in [1.82, 2.24) is 9.97 Å². The molecular formula is C14H14ClN3O. The Morgan fingerprint density at radius 1 is 1.26 bits per heavy atom. The Morgan fingerprint density at radius 2 is 2.05 bits per heavy atom. The van der Waals surface area contributed by atoms with E-state index in [1.165, 1.54) is 11.1 Å². The van der Waals surface area contributed by atoms with Gasteiger partial charge in [0.1, 0.15) is 5.02 Å². The Morgan fingerprint density at radius 3 is 2.84 bits per heavy atom. The highest BCUT2D eigenvalue weighted by Gasteiger charge is 2.20. The predicted octanol–water partition coefficient (Wildman–Crippen LogP) is 2.70. The largest absolute Gasteiger partial charge is 0.467 e. The van der Waals surface area contributed by atoms with Crippen LogP contribution in [-0.2, 0) is 13.0 Å². The van der Waals surface area contributed by atoms with Gasteiger partial charge in [-0.1, -0.05) is 35.9 Å². The molecule has 1 aromatic heterocycles. The molecule has 0 spiro atoms. The van der Waals surface area contributed by atoms with Crippen molar-refractivity contribution in [2.75, 3.05) is 18.6 Å². The van der Waals surface area contributed by atoms with Crippen LogP contribution in [0, 0.1) is 0 Å². The number of methoxy groups -OCH3 is 1. The van der Waals surface area contributed by atoms with Crippen LogP contribution in [0.4, 0.5) is 5.82 Å². The summed E-state index contributed by atoms with van der Waals surface area (Å²) in [6, 6.07) is 8.81. The number of halogens is 1. The fraction of sp³-hybridized carbons (Fsp3) is 0.286. The third-order valence-corrected chi connectivity index (χ3v) is 3.58. The topological polar surface area (TPSA) is 38.2 Å². The average Bonchev–Trinajstić information content (AvgIpc) is 2.47. The summed E-state index contributed by atoms with van der Waals surface area (Å²) in [7, 11) is 1.55. The smallest absolute Gasteiger partial charge is 0.318 e. The maximum absolute atomic E-state index is 6.19. The first-order valence-electron chi connectivity index (χ1n) is 6.16. The third kappa shape index (κ3) is 2.36.